The highest BCUT2D eigenvalue weighted by Crippen LogP contribution is 2.37. The summed E-state index contributed by atoms with van der Waals surface area (Å²) in [6.07, 6.45) is 1.69. The number of aromatic nitrogens is 2. The van der Waals surface area contributed by atoms with Gasteiger partial charge < -0.3 is 29.7 Å². The zero-order chi connectivity index (χ0) is 26.3. The number of esters is 1. The SMILES string of the molecule is Cc1c2ccnc(C(=O)NCCN(C)C)c2cc2c3cc(OC(=O)C4CN(C)CCN4)ccc3n(C)c12. The Morgan fingerprint density at radius 1 is 1.14 bits per heavy atom. The first-order valence-electron chi connectivity index (χ1n) is 12.6. The second-order valence-corrected chi connectivity index (χ2v) is 10.1. The number of ether oxygens (including phenoxy) is 1. The molecule has 1 atom stereocenters. The Bertz CT molecular complexity index is 1510. The number of fused-ring (bicyclic) bond motifs is 4. The van der Waals surface area contributed by atoms with E-state index in [1.54, 1.807) is 6.20 Å². The lowest BCUT2D eigenvalue weighted by Gasteiger charge is -2.29. The maximum absolute atomic E-state index is 13.0. The number of likely N-dealkylation sites (N-methyl/N-ethyl adjacent to an activating group) is 2. The third kappa shape index (κ3) is 4.77. The predicted molar refractivity (Wildman–Crippen MR) is 146 cm³/mol. The molecule has 9 nitrogen and oxygen atoms in total. The number of aryl methyl sites for hydroxylation is 2. The minimum absolute atomic E-state index is 0.189. The van der Waals surface area contributed by atoms with Gasteiger partial charge in [-0.2, -0.15) is 0 Å². The molecule has 1 unspecified atom stereocenters. The fourth-order valence-electron chi connectivity index (χ4n) is 5.23. The van der Waals surface area contributed by atoms with Gasteiger partial charge in [-0.3, -0.25) is 9.78 Å². The molecule has 1 aliphatic heterocycles. The topological polar surface area (TPSA) is 91.7 Å². The highest BCUT2D eigenvalue weighted by Gasteiger charge is 2.25. The molecule has 2 aromatic heterocycles. The molecule has 0 bridgehead atoms. The molecule has 3 heterocycles. The normalized spacial score (nSPS) is 16.6. The number of nitrogens with zero attached hydrogens (tertiary/aromatic N) is 4. The molecule has 0 saturated carbocycles. The Hall–Kier alpha value is -3.53. The van der Waals surface area contributed by atoms with Crippen LogP contribution in [0.15, 0.2) is 36.5 Å². The first kappa shape index (κ1) is 25.1. The molecule has 0 aliphatic carbocycles. The van der Waals surface area contributed by atoms with Crippen molar-refractivity contribution in [3.05, 3.63) is 47.8 Å². The molecule has 5 rings (SSSR count). The van der Waals surface area contributed by atoms with Crippen molar-refractivity contribution in [3.63, 3.8) is 0 Å². The number of piperazine rings is 1. The minimum Gasteiger partial charge on any atom is -0.425 e. The number of carbonyl (C=O) groups is 2. The van der Waals surface area contributed by atoms with Crippen molar-refractivity contribution in [2.75, 3.05) is 53.9 Å². The molecular weight excluding hydrogens is 468 g/mol. The summed E-state index contributed by atoms with van der Waals surface area (Å²) in [5.74, 6) is 0.0327. The number of hydrogen-bond acceptors (Lipinski definition) is 7. The largest absolute Gasteiger partial charge is 0.425 e. The van der Waals surface area contributed by atoms with Gasteiger partial charge in [-0.1, -0.05) is 0 Å². The highest BCUT2D eigenvalue weighted by atomic mass is 16.5. The number of pyridine rings is 1. The van der Waals surface area contributed by atoms with Gasteiger partial charge in [0.1, 0.15) is 17.5 Å². The zero-order valence-electron chi connectivity index (χ0n) is 22.1. The van der Waals surface area contributed by atoms with E-state index in [0.717, 1.165) is 57.8 Å². The van der Waals surface area contributed by atoms with Gasteiger partial charge in [0.2, 0.25) is 0 Å². The summed E-state index contributed by atoms with van der Waals surface area (Å²) in [5, 5.41) is 9.97. The lowest BCUT2D eigenvalue weighted by atomic mass is 10.00. The van der Waals surface area contributed by atoms with Crippen LogP contribution >= 0.6 is 0 Å². The molecule has 0 radical (unpaired) electrons. The summed E-state index contributed by atoms with van der Waals surface area (Å²) < 4.78 is 7.95. The molecule has 1 saturated heterocycles. The van der Waals surface area contributed by atoms with Crippen LogP contribution in [0.5, 0.6) is 5.75 Å². The van der Waals surface area contributed by atoms with Gasteiger partial charge in [-0.05, 0) is 69.3 Å². The predicted octanol–water partition coefficient (Wildman–Crippen LogP) is 2.29. The zero-order valence-corrected chi connectivity index (χ0v) is 22.1. The Kier molecular flexibility index (Phi) is 6.85. The third-order valence-electron chi connectivity index (χ3n) is 7.19. The lowest BCUT2D eigenvalue weighted by Crippen LogP contribution is -2.54. The van der Waals surface area contributed by atoms with Crippen molar-refractivity contribution in [3.8, 4) is 5.75 Å². The maximum atomic E-state index is 13.0. The van der Waals surface area contributed by atoms with E-state index in [-0.39, 0.29) is 17.9 Å². The fourth-order valence-corrected chi connectivity index (χ4v) is 5.23. The van der Waals surface area contributed by atoms with Gasteiger partial charge in [-0.25, -0.2) is 4.79 Å². The van der Waals surface area contributed by atoms with Gasteiger partial charge in [0, 0.05) is 67.6 Å². The van der Waals surface area contributed by atoms with E-state index in [1.165, 1.54) is 0 Å². The van der Waals surface area contributed by atoms with Crippen LogP contribution in [0.2, 0.25) is 0 Å². The number of nitrogens with one attached hydrogen (secondary N) is 2. The van der Waals surface area contributed by atoms with Crippen LogP contribution < -0.4 is 15.4 Å². The van der Waals surface area contributed by atoms with Crippen LogP contribution in [0.25, 0.3) is 32.6 Å². The Balaban J connectivity index is 1.56. The van der Waals surface area contributed by atoms with Crippen molar-refractivity contribution in [2.45, 2.75) is 13.0 Å². The molecule has 0 spiro atoms. The maximum Gasteiger partial charge on any atom is 0.329 e. The van der Waals surface area contributed by atoms with Crippen LogP contribution in [0.1, 0.15) is 16.1 Å². The van der Waals surface area contributed by atoms with E-state index in [9.17, 15) is 9.59 Å². The Morgan fingerprint density at radius 3 is 2.70 bits per heavy atom. The molecule has 4 aromatic rings. The van der Waals surface area contributed by atoms with Crippen LogP contribution in [0.3, 0.4) is 0 Å². The fraction of sp³-hybridized carbons (Fsp3) is 0.393. The van der Waals surface area contributed by atoms with E-state index >= 15 is 0 Å². The minimum atomic E-state index is -0.354. The number of carbonyl (C=O) groups excluding carboxylic acids is 2. The van der Waals surface area contributed by atoms with Crippen molar-refractivity contribution in [1.29, 1.82) is 0 Å². The molecule has 2 aromatic carbocycles. The number of hydrogen-bond donors (Lipinski definition) is 2. The molecule has 1 fully saturated rings. The van der Waals surface area contributed by atoms with E-state index in [1.807, 2.05) is 63.4 Å². The highest BCUT2D eigenvalue weighted by molar-refractivity contribution is 6.17. The summed E-state index contributed by atoms with van der Waals surface area (Å²) in [7, 11) is 7.98. The van der Waals surface area contributed by atoms with Gasteiger partial charge in [0.05, 0.1) is 5.52 Å². The first-order chi connectivity index (χ1) is 17.7. The van der Waals surface area contributed by atoms with Crippen LogP contribution in [0.4, 0.5) is 0 Å². The molecular formula is C28H34N6O3. The monoisotopic (exact) mass is 502 g/mol. The molecule has 194 valence electrons. The Labute approximate surface area is 216 Å². The van der Waals surface area contributed by atoms with Gasteiger partial charge in [0.15, 0.2) is 0 Å². The summed E-state index contributed by atoms with van der Waals surface area (Å²) in [5.41, 5.74) is 3.58. The average Bonchev–Trinajstić information content (AvgIpc) is 3.15. The van der Waals surface area contributed by atoms with Crippen molar-refractivity contribution in [1.82, 2.24) is 30.0 Å². The van der Waals surface area contributed by atoms with Crippen molar-refractivity contribution < 1.29 is 14.3 Å². The Morgan fingerprint density at radius 2 is 1.95 bits per heavy atom. The summed E-state index contributed by atoms with van der Waals surface area (Å²) in [6.45, 7) is 5.64. The molecule has 2 N–H and O–H groups in total. The standard InChI is InChI=1S/C28H34N6O3/c1-17-19-8-9-30-25(27(35)31-10-12-32(2)3)21(19)15-22-20-14-18(6-7-24(20)34(5)26(17)22)37-28(36)23-16-33(4)13-11-29-23/h6-9,14-15,23,29H,10-13,16H2,1-5H3,(H,31,35). The quantitative estimate of drug-likeness (QED) is 0.309. The number of benzene rings is 2. The average molecular weight is 503 g/mol. The first-order valence-corrected chi connectivity index (χ1v) is 12.6. The van der Waals surface area contributed by atoms with Gasteiger partial charge >= 0.3 is 5.97 Å². The van der Waals surface area contributed by atoms with E-state index in [2.05, 4.69) is 32.0 Å². The second-order valence-electron chi connectivity index (χ2n) is 10.1. The third-order valence-corrected chi connectivity index (χ3v) is 7.19. The van der Waals surface area contributed by atoms with Crippen LogP contribution in [0, 0.1) is 6.92 Å². The van der Waals surface area contributed by atoms with Crippen molar-refractivity contribution in [2.24, 2.45) is 7.05 Å². The lowest BCUT2D eigenvalue weighted by molar-refractivity contribution is -0.137. The molecule has 9 heteroatoms. The van der Waals surface area contributed by atoms with E-state index in [0.29, 0.717) is 24.5 Å². The summed E-state index contributed by atoms with van der Waals surface area (Å²) >= 11 is 0. The summed E-state index contributed by atoms with van der Waals surface area (Å²) in [6, 6.07) is 9.38. The van der Waals surface area contributed by atoms with Gasteiger partial charge in [-0.15, -0.1) is 0 Å². The van der Waals surface area contributed by atoms with Crippen LogP contribution in [-0.2, 0) is 11.8 Å². The second kappa shape index (κ2) is 10.1. The van der Waals surface area contributed by atoms with Gasteiger partial charge in [0.25, 0.3) is 5.91 Å². The smallest absolute Gasteiger partial charge is 0.329 e. The number of amides is 1. The number of rotatable bonds is 6. The van der Waals surface area contributed by atoms with Crippen LogP contribution in [-0.4, -0.2) is 91.1 Å². The van der Waals surface area contributed by atoms with Crippen molar-refractivity contribution >= 4 is 44.5 Å². The molecule has 1 amide bonds. The molecule has 1 aliphatic rings. The van der Waals surface area contributed by atoms with E-state index in [4.69, 9.17) is 4.74 Å². The summed E-state index contributed by atoms with van der Waals surface area (Å²) in [4.78, 5) is 34.4. The molecule has 37 heavy (non-hydrogen) atoms. The van der Waals surface area contributed by atoms with E-state index < -0.39 is 0 Å².